The number of aromatic nitrogens is 1. The molecule has 2 N–H and O–H groups in total. The van der Waals surface area contributed by atoms with E-state index in [9.17, 15) is 9.59 Å². The molecule has 29 heavy (non-hydrogen) atoms. The Balaban J connectivity index is 1.32. The number of hydrogen-bond donors (Lipinski definition) is 2. The molecule has 2 aromatic rings. The van der Waals surface area contributed by atoms with Gasteiger partial charge in [-0.3, -0.25) is 14.6 Å². The van der Waals surface area contributed by atoms with Gasteiger partial charge in [-0.1, -0.05) is 18.2 Å². The van der Waals surface area contributed by atoms with Gasteiger partial charge in [0.15, 0.2) is 5.72 Å². The third-order valence-corrected chi connectivity index (χ3v) is 6.79. The van der Waals surface area contributed by atoms with E-state index in [1.165, 1.54) is 0 Å². The van der Waals surface area contributed by atoms with Crippen molar-refractivity contribution in [1.29, 1.82) is 0 Å². The van der Waals surface area contributed by atoms with Crippen molar-refractivity contribution in [1.82, 2.24) is 15.6 Å². The molecule has 1 aromatic heterocycles. The van der Waals surface area contributed by atoms with Gasteiger partial charge in [-0.25, -0.2) is 0 Å². The number of ether oxygens (including phenoxy) is 1. The smallest absolute Gasteiger partial charge is 0.258 e. The lowest BCUT2D eigenvalue weighted by Gasteiger charge is -2.55. The first-order chi connectivity index (χ1) is 14.1. The summed E-state index contributed by atoms with van der Waals surface area (Å²) in [6, 6.07) is 13.0. The molecule has 5 atom stereocenters. The Labute approximate surface area is 170 Å². The van der Waals surface area contributed by atoms with E-state index in [1.54, 1.807) is 12.3 Å². The predicted molar refractivity (Wildman–Crippen MR) is 107 cm³/mol. The summed E-state index contributed by atoms with van der Waals surface area (Å²) in [5, 5.41) is 6.28. The van der Waals surface area contributed by atoms with Crippen molar-refractivity contribution in [2.75, 3.05) is 0 Å². The molecule has 1 spiro atoms. The fraction of sp³-hybridized carbons (Fsp3) is 0.435. The topological polar surface area (TPSA) is 80.3 Å². The van der Waals surface area contributed by atoms with E-state index in [2.05, 4.69) is 15.6 Å². The van der Waals surface area contributed by atoms with Crippen molar-refractivity contribution in [3.63, 3.8) is 0 Å². The van der Waals surface area contributed by atoms with Crippen molar-refractivity contribution in [3.8, 4) is 5.75 Å². The molecule has 3 saturated carbocycles. The fourth-order valence-electron chi connectivity index (χ4n) is 5.31. The van der Waals surface area contributed by atoms with E-state index in [1.807, 2.05) is 43.3 Å². The van der Waals surface area contributed by atoms with Gasteiger partial charge in [0, 0.05) is 24.5 Å². The molecule has 2 bridgehead atoms. The minimum atomic E-state index is -0.683. The lowest BCUT2D eigenvalue weighted by Crippen LogP contribution is -2.67. The van der Waals surface area contributed by atoms with E-state index in [-0.39, 0.29) is 35.6 Å². The van der Waals surface area contributed by atoms with Crippen molar-refractivity contribution in [2.24, 2.45) is 17.8 Å². The van der Waals surface area contributed by atoms with Crippen LogP contribution in [0, 0.1) is 17.8 Å². The Morgan fingerprint density at radius 1 is 1.24 bits per heavy atom. The number of hydrogen-bond acceptors (Lipinski definition) is 4. The zero-order chi connectivity index (χ0) is 20.0. The minimum Gasteiger partial charge on any atom is -0.467 e. The van der Waals surface area contributed by atoms with Gasteiger partial charge in [0.25, 0.3) is 5.91 Å². The Kier molecular flexibility index (Phi) is 4.30. The molecule has 1 aliphatic heterocycles. The molecule has 1 aromatic carbocycles. The first-order valence-corrected chi connectivity index (χ1v) is 10.4. The molecule has 2 amide bonds. The molecule has 0 saturated heterocycles. The number of fused-ring (bicyclic) bond motifs is 3. The number of nitrogens with zero attached hydrogens (tertiary/aromatic N) is 1. The van der Waals surface area contributed by atoms with Crippen LogP contribution in [0.5, 0.6) is 5.75 Å². The third-order valence-electron chi connectivity index (χ3n) is 6.79. The average molecular weight is 391 g/mol. The van der Waals surface area contributed by atoms with Crippen molar-refractivity contribution in [3.05, 3.63) is 59.9 Å². The summed E-state index contributed by atoms with van der Waals surface area (Å²) in [5.41, 5.74) is 0.758. The Morgan fingerprint density at radius 3 is 2.83 bits per heavy atom. The largest absolute Gasteiger partial charge is 0.467 e. The highest BCUT2D eigenvalue weighted by molar-refractivity contribution is 5.98. The number of carbonyl (C=O) groups is 2. The second-order valence-electron chi connectivity index (χ2n) is 8.51. The van der Waals surface area contributed by atoms with Crippen LogP contribution in [0.1, 0.15) is 54.7 Å². The molecule has 6 nitrogen and oxygen atoms in total. The quantitative estimate of drug-likeness (QED) is 0.842. The highest BCUT2D eigenvalue weighted by Gasteiger charge is 2.57. The fourth-order valence-corrected chi connectivity index (χ4v) is 5.31. The average Bonchev–Trinajstić information content (AvgIpc) is 2.74. The van der Waals surface area contributed by atoms with Gasteiger partial charge in [0.2, 0.25) is 5.91 Å². The molecule has 0 unspecified atom stereocenters. The van der Waals surface area contributed by atoms with Crippen LogP contribution in [0.25, 0.3) is 0 Å². The molecule has 150 valence electrons. The second-order valence-corrected chi connectivity index (χ2v) is 8.51. The van der Waals surface area contributed by atoms with Gasteiger partial charge >= 0.3 is 0 Å². The zero-order valence-corrected chi connectivity index (χ0v) is 16.4. The van der Waals surface area contributed by atoms with Crippen LogP contribution >= 0.6 is 0 Å². The molecule has 0 radical (unpaired) electrons. The van der Waals surface area contributed by atoms with Crippen molar-refractivity contribution in [2.45, 2.75) is 44.4 Å². The highest BCUT2D eigenvalue weighted by atomic mass is 16.5. The number of benzene rings is 1. The maximum Gasteiger partial charge on any atom is 0.258 e. The normalized spacial score (nSPS) is 30.8. The number of amides is 2. The molecule has 2 heterocycles. The Bertz CT molecular complexity index is 947. The van der Waals surface area contributed by atoms with Crippen LogP contribution in [-0.4, -0.2) is 22.5 Å². The molecule has 4 aliphatic rings. The maximum absolute atomic E-state index is 13.0. The summed E-state index contributed by atoms with van der Waals surface area (Å²) in [5.74, 6) is 0.920. The van der Waals surface area contributed by atoms with E-state index in [0.717, 1.165) is 25.0 Å². The van der Waals surface area contributed by atoms with Gasteiger partial charge in [-0.15, -0.1) is 0 Å². The number of carbonyl (C=O) groups excluding carboxylic acids is 2. The van der Waals surface area contributed by atoms with Gasteiger partial charge in [-0.05, 0) is 56.4 Å². The third kappa shape index (κ3) is 3.07. The van der Waals surface area contributed by atoms with Crippen LogP contribution in [0.15, 0.2) is 48.7 Å². The number of nitrogens with one attached hydrogen (secondary N) is 2. The Hall–Kier alpha value is -2.89. The summed E-state index contributed by atoms with van der Waals surface area (Å²) in [6.07, 6.45) is 5.10. The van der Waals surface area contributed by atoms with Gasteiger partial charge < -0.3 is 15.4 Å². The van der Waals surface area contributed by atoms with E-state index < -0.39 is 5.72 Å². The van der Waals surface area contributed by atoms with Crippen LogP contribution in [0.3, 0.4) is 0 Å². The van der Waals surface area contributed by atoms with Gasteiger partial charge in [0.1, 0.15) is 5.75 Å². The highest BCUT2D eigenvalue weighted by Crippen LogP contribution is 2.52. The van der Waals surface area contributed by atoms with Crippen molar-refractivity contribution < 1.29 is 14.3 Å². The van der Waals surface area contributed by atoms with Crippen LogP contribution < -0.4 is 15.4 Å². The van der Waals surface area contributed by atoms with E-state index in [0.29, 0.717) is 17.7 Å². The monoisotopic (exact) mass is 391 g/mol. The summed E-state index contributed by atoms with van der Waals surface area (Å²) in [4.78, 5) is 30.1. The lowest BCUT2D eigenvalue weighted by molar-refractivity contribution is -0.147. The molecule has 6 heteroatoms. The molecular formula is C23H25N3O3. The van der Waals surface area contributed by atoms with Crippen LogP contribution in [0.4, 0.5) is 0 Å². The number of para-hydroxylation sites is 1. The predicted octanol–water partition coefficient (Wildman–Crippen LogP) is 3.21. The number of rotatable bonds is 3. The maximum atomic E-state index is 13.0. The second kappa shape index (κ2) is 6.87. The van der Waals surface area contributed by atoms with Crippen LogP contribution in [0.2, 0.25) is 0 Å². The summed E-state index contributed by atoms with van der Waals surface area (Å²) in [6.45, 7) is 1.96. The summed E-state index contributed by atoms with van der Waals surface area (Å²) >= 11 is 0. The zero-order valence-electron chi connectivity index (χ0n) is 16.4. The first kappa shape index (κ1) is 18.2. The number of pyridine rings is 1. The Morgan fingerprint density at radius 2 is 2.07 bits per heavy atom. The minimum absolute atomic E-state index is 0.0526. The van der Waals surface area contributed by atoms with Crippen molar-refractivity contribution >= 4 is 11.8 Å². The summed E-state index contributed by atoms with van der Waals surface area (Å²) in [7, 11) is 0. The van der Waals surface area contributed by atoms with Gasteiger partial charge in [0.05, 0.1) is 17.3 Å². The standard InChI is InChI=1S/C23H25N3O3/c1-14(19-7-4-5-11-24-19)25-21(27)18-12-16-10-9-15(18)13-23(16)26-22(28)17-6-2-3-8-20(17)29-23/h2-8,11,14-16,18H,9-10,12-13H2,1H3,(H,25,27)(H,26,28)/t14-,15-,16+,18-,23+/m0/s1. The van der Waals surface area contributed by atoms with E-state index >= 15 is 0 Å². The van der Waals surface area contributed by atoms with Gasteiger partial charge in [-0.2, -0.15) is 0 Å². The first-order valence-electron chi connectivity index (χ1n) is 10.4. The van der Waals surface area contributed by atoms with Crippen LogP contribution in [-0.2, 0) is 4.79 Å². The molecule has 3 fully saturated rings. The SMILES string of the molecule is C[C@H](NC(=O)[C@H]1C[C@H]2CC[C@H]1C[C@]21NC(=O)c2ccccc2O1)c1ccccn1. The molecule has 6 rings (SSSR count). The lowest BCUT2D eigenvalue weighted by atomic mass is 9.60. The van der Waals surface area contributed by atoms with E-state index in [4.69, 9.17) is 4.74 Å². The molecular weight excluding hydrogens is 366 g/mol. The molecule has 3 aliphatic carbocycles. The summed E-state index contributed by atoms with van der Waals surface area (Å²) < 4.78 is 6.37.